The number of hydrogen-bond acceptors (Lipinski definition) is 3. The van der Waals surface area contributed by atoms with Crippen LogP contribution in [0.1, 0.15) is 38.1 Å². The van der Waals surface area contributed by atoms with Gasteiger partial charge in [-0.3, -0.25) is 9.36 Å². The van der Waals surface area contributed by atoms with Crippen molar-refractivity contribution in [2.24, 2.45) is 7.05 Å². The largest absolute Gasteiger partial charge is 0.372 e. The minimum absolute atomic E-state index is 0.0739. The summed E-state index contributed by atoms with van der Waals surface area (Å²) in [5, 5.41) is 0. The molecule has 0 spiro atoms. The maximum Gasteiger partial charge on any atom is 0.331 e. The maximum atomic E-state index is 12.4. The van der Waals surface area contributed by atoms with E-state index in [1.807, 2.05) is 14.1 Å². The van der Waals surface area contributed by atoms with E-state index in [2.05, 4.69) is 0 Å². The van der Waals surface area contributed by atoms with Crippen molar-refractivity contribution in [1.29, 1.82) is 0 Å². The summed E-state index contributed by atoms with van der Waals surface area (Å²) in [5.41, 5.74) is 0.218. The normalized spacial score (nSPS) is 16.8. The highest BCUT2D eigenvalue weighted by atomic mass is 16.2. The second-order valence-electron chi connectivity index (χ2n) is 5.27. The molecule has 0 atom stereocenters. The number of aromatic nitrogens is 2. The molecule has 0 aliphatic heterocycles. The average molecular weight is 251 g/mol. The minimum atomic E-state index is -0.197. The smallest absolute Gasteiger partial charge is 0.331 e. The summed E-state index contributed by atoms with van der Waals surface area (Å²) in [6.07, 6.45) is 6.90. The molecule has 1 saturated carbocycles. The zero-order valence-electron chi connectivity index (χ0n) is 11.3. The van der Waals surface area contributed by atoms with Crippen LogP contribution in [0.15, 0.2) is 15.8 Å². The minimum Gasteiger partial charge on any atom is -0.372 e. The fourth-order valence-electron chi connectivity index (χ4n) is 2.64. The Hall–Kier alpha value is -1.52. The molecule has 0 bridgehead atoms. The molecule has 0 amide bonds. The zero-order valence-corrected chi connectivity index (χ0v) is 11.3. The molecule has 0 radical (unpaired) electrons. The molecule has 5 nitrogen and oxygen atoms in total. The third-order valence-electron chi connectivity index (χ3n) is 3.68. The lowest BCUT2D eigenvalue weighted by Crippen LogP contribution is -2.43. The average Bonchev–Trinajstić information content (AvgIpc) is 2.35. The molecule has 1 aromatic rings. The van der Waals surface area contributed by atoms with Gasteiger partial charge in [0.05, 0.1) is 0 Å². The molecule has 18 heavy (non-hydrogen) atoms. The number of aryl methyl sites for hydroxylation is 1. The summed E-state index contributed by atoms with van der Waals surface area (Å²) in [6, 6.07) is 0.0739. The summed E-state index contributed by atoms with van der Waals surface area (Å²) in [4.78, 5) is 26.3. The van der Waals surface area contributed by atoms with Crippen molar-refractivity contribution in [3.05, 3.63) is 27.0 Å². The molecule has 0 aromatic carbocycles. The lowest BCUT2D eigenvalue weighted by atomic mass is 9.95. The molecule has 5 heteroatoms. The van der Waals surface area contributed by atoms with Crippen LogP contribution in [-0.4, -0.2) is 23.2 Å². The Morgan fingerprint density at radius 2 is 1.78 bits per heavy atom. The Balaban J connectivity index is 2.57. The van der Waals surface area contributed by atoms with Gasteiger partial charge in [0.25, 0.3) is 5.56 Å². The van der Waals surface area contributed by atoms with Crippen molar-refractivity contribution in [2.75, 3.05) is 19.0 Å². The van der Waals surface area contributed by atoms with Gasteiger partial charge in [0.15, 0.2) is 0 Å². The third-order valence-corrected chi connectivity index (χ3v) is 3.68. The zero-order chi connectivity index (χ0) is 13.3. The van der Waals surface area contributed by atoms with Gasteiger partial charge >= 0.3 is 5.69 Å². The molecular formula is C13H21N3O2. The highest BCUT2D eigenvalue weighted by Crippen LogP contribution is 2.26. The number of nitrogens with zero attached hydrogens (tertiary/aromatic N) is 3. The first-order chi connectivity index (χ1) is 8.52. The van der Waals surface area contributed by atoms with Crippen molar-refractivity contribution >= 4 is 5.69 Å². The number of anilines is 1. The van der Waals surface area contributed by atoms with Gasteiger partial charge in [-0.2, -0.15) is 0 Å². The first-order valence-corrected chi connectivity index (χ1v) is 6.52. The van der Waals surface area contributed by atoms with Crippen LogP contribution in [-0.2, 0) is 7.05 Å². The molecule has 2 rings (SSSR count). The van der Waals surface area contributed by atoms with E-state index in [0.717, 1.165) is 25.7 Å². The predicted octanol–water partition coefficient (Wildman–Crippen LogP) is 1.12. The van der Waals surface area contributed by atoms with Crippen molar-refractivity contribution in [2.45, 2.75) is 38.1 Å². The standard InChI is InChI=1S/C13H21N3O2/c1-14(2)11-9-15(3)13(18)16(12(11)17)10-7-5-4-6-8-10/h9-10H,4-8H2,1-3H3. The van der Waals surface area contributed by atoms with E-state index in [4.69, 9.17) is 0 Å². The molecule has 1 aliphatic carbocycles. The Kier molecular flexibility index (Phi) is 3.59. The molecule has 1 fully saturated rings. The Bertz CT molecular complexity index is 536. The molecule has 1 aliphatic rings. The van der Waals surface area contributed by atoms with E-state index in [1.54, 1.807) is 18.1 Å². The van der Waals surface area contributed by atoms with E-state index in [9.17, 15) is 9.59 Å². The number of hydrogen-bond donors (Lipinski definition) is 0. The van der Waals surface area contributed by atoms with Gasteiger partial charge in [0.2, 0.25) is 0 Å². The lowest BCUT2D eigenvalue weighted by Gasteiger charge is -2.25. The van der Waals surface area contributed by atoms with E-state index in [1.165, 1.54) is 15.6 Å². The maximum absolute atomic E-state index is 12.4. The van der Waals surface area contributed by atoms with Gasteiger partial charge in [-0.05, 0) is 12.8 Å². The molecule has 100 valence electrons. The quantitative estimate of drug-likeness (QED) is 0.791. The van der Waals surface area contributed by atoms with Crippen molar-refractivity contribution < 1.29 is 0 Å². The van der Waals surface area contributed by atoms with E-state index in [0.29, 0.717) is 5.69 Å². The summed E-state index contributed by atoms with van der Waals surface area (Å²) in [7, 11) is 5.35. The van der Waals surface area contributed by atoms with E-state index < -0.39 is 0 Å². The van der Waals surface area contributed by atoms with Crippen LogP contribution in [0, 0.1) is 0 Å². The molecule has 0 saturated heterocycles. The van der Waals surface area contributed by atoms with Crippen LogP contribution >= 0.6 is 0 Å². The Morgan fingerprint density at radius 1 is 1.17 bits per heavy atom. The lowest BCUT2D eigenvalue weighted by molar-refractivity contribution is 0.332. The fourth-order valence-corrected chi connectivity index (χ4v) is 2.64. The van der Waals surface area contributed by atoms with Crippen LogP contribution in [0.3, 0.4) is 0 Å². The highest BCUT2D eigenvalue weighted by molar-refractivity contribution is 5.40. The van der Waals surface area contributed by atoms with Gasteiger partial charge in [0.1, 0.15) is 5.69 Å². The van der Waals surface area contributed by atoms with Crippen LogP contribution in [0.4, 0.5) is 5.69 Å². The monoisotopic (exact) mass is 251 g/mol. The van der Waals surface area contributed by atoms with Gasteiger partial charge in [-0.1, -0.05) is 19.3 Å². The van der Waals surface area contributed by atoms with Crippen molar-refractivity contribution in [3.8, 4) is 0 Å². The van der Waals surface area contributed by atoms with Gasteiger partial charge in [-0.15, -0.1) is 0 Å². The van der Waals surface area contributed by atoms with Crippen molar-refractivity contribution in [3.63, 3.8) is 0 Å². The Morgan fingerprint density at radius 3 is 2.33 bits per heavy atom. The second-order valence-corrected chi connectivity index (χ2v) is 5.27. The SMILES string of the molecule is CN(C)c1cn(C)c(=O)n(C2CCCCC2)c1=O. The van der Waals surface area contributed by atoms with Crippen LogP contribution in [0.2, 0.25) is 0 Å². The van der Waals surface area contributed by atoms with E-state index in [-0.39, 0.29) is 17.3 Å². The molecule has 0 unspecified atom stereocenters. The Labute approximate surface area is 107 Å². The number of rotatable bonds is 2. The first kappa shape index (κ1) is 12.9. The summed E-state index contributed by atoms with van der Waals surface area (Å²) in [6.45, 7) is 0. The fraction of sp³-hybridized carbons (Fsp3) is 0.692. The summed E-state index contributed by atoms with van der Waals surface area (Å²) in [5.74, 6) is 0. The predicted molar refractivity (Wildman–Crippen MR) is 72.4 cm³/mol. The second kappa shape index (κ2) is 5.00. The third kappa shape index (κ3) is 2.21. The topological polar surface area (TPSA) is 47.2 Å². The van der Waals surface area contributed by atoms with Crippen molar-refractivity contribution in [1.82, 2.24) is 9.13 Å². The van der Waals surface area contributed by atoms with Crippen LogP contribution < -0.4 is 16.1 Å². The van der Waals surface area contributed by atoms with Crippen LogP contribution in [0.5, 0.6) is 0 Å². The first-order valence-electron chi connectivity index (χ1n) is 6.52. The van der Waals surface area contributed by atoms with Gasteiger partial charge in [0, 0.05) is 33.4 Å². The summed E-state index contributed by atoms with van der Waals surface area (Å²) < 4.78 is 2.96. The van der Waals surface area contributed by atoms with Gasteiger partial charge < -0.3 is 9.47 Å². The van der Waals surface area contributed by atoms with Crippen LogP contribution in [0.25, 0.3) is 0 Å². The summed E-state index contributed by atoms with van der Waals surface area (Å²) >= 11 is 0. The molecule has 1 aromatic heterocycles. The van der Waals surface area contributed by atoms with Gasteiger partial charge in [-0.25, -0.2) is 4.79 Å². The van der Waals surface area contributed by atoms with E-state index >= 15 is 0 Å². The highest BCUT2D eigenvalue weighted by Gasteiger charge is 2.21. The molecule has 0 N–H and O–H groups in total. The molecular weight excluding hydrogens is 230 g/mol. The molecule has 1 heterocycles.